The number of rotatable bonds is 6. The topological polar surface area (TPSA) is 58.6 Å². The molecular formula is C19H21FN2O3S. The molecule has 0 aliphatic carbocycles. The van der Waals surface area contributed by atoms with Gasteiger partial charge in [0.25, 0.3) is 5.91 Å². The minimum Gasteiger partial charge on any atom is -0.370 e. The SMILES string of the molecule is O=C(NCCCC(=O)N1CCOC(c2ccc(F)cc2)C1)c1cccs1. The Morgan fingerprint density at radius 3 is 2.81 bits per heavy atom. The summed E-state index contributed by atoms with van der Waals surface area (Å²) >= 11 is 1.39. The molecule has 1 aromatic heterocycles. The number of halogens is 1. The number of amides is 2. The van der Waals surface area contributed by atoms with Gasteiger partial charge in [-0.3, -0.25) is 9.59 Å². The summed E-state index contributed by atoms with van der Waals surface area (Å²) in [6, 6.07) is 9.78. The Hall–Kier alpha value is -2.25. The van der Waals surface area contributed by atoms with Crippen molar-refractivity contribution < 1.29 is 18.7 Å². The van der Waals surface area contributed by atoms with Gasteiger partial charge < -0.3 is 15.0 Å². The molecule has 1 N–H and O–H groups in total. The number of carbonyl (C=O) groups is 2. The Bertz CT molecular complexity index is 734. The van der Waals surface area contributed by atoms with Crippen LogP contribution in [0.15, 0.2) is 41.8 Å². The van der Waals surface area contributed by atoms with Crippen LogP contribution in [0.4, 0.5) is 4.39 Å². The molecule has 2 aromatic rings. The van der Waals surface area contributed by atoms with Gasteiger partial charge in [-0.05, 0) is 35.6 Å². The van der Waals surface area contributed by atoms with Crippen molar-refractivity contribution in [3.63, 3.8) is 0 Å². The molecule has 2 heterocycles. The van der Waals surface area contributed by atoms with Crippen LogP contribution < -0.4 is 5.32 Å². The summed E-state index contributed by atoms with van der Waals surface area (Å²) in [5, 5.41) is 4.68. The monoisotopic (exact) mass is 376 g/mol. The van der Waals surface area contributed by atoms with Gasteiger partial charge in [-0.2, -0.15) is 0 Å². The Kier molecular flexibility index (Phi) is 6.35. The van der Waals surface area contributed by atoms with Crippen molar-refractivity contribution in [3.05, 3.63) is 58.0 Å². The summed E-state index contributed by atoms with van der Waals surface area (Å²) in [6.07, 6.45) is 0.738. The van der Waals surface area contributed by atoms with Crippen molar-refractivity contribution >= 4 is 23.2 Å². The van der Waals surface area contributed by atoms with E-state index in [2.05, 4.69) is 5.32 Å². The molecule has 1 aromatic carbocycles. The van der Waals surface area contributed by atoms with Gasteiger partial charge >= 0.3 is 0 Å². The van der Waals surface area contributed by atoms with Crippen LogP contribution in [0.1, 0.15) is 34.2 Å². The first kappa shape index (κ1) is 18.5. The average Bonchev–Trinajstić information content (AvgIpc) is 3.20. The van der Waals surface area contributed by atoms with Crippen LogP contribution in [0.3, 0.4) is 0 Å². The Balaban J connectivity index is 1.42. The number of morpholine rings is 1. The molecule has 0 saturated carbocycles. The van der Waals surface area contributed by atoms with E-state index >= 15 is 0 Å². The lowest BCUT2D eigenvalue weighted by Gasteiger charge is -2.33. The van der Waals surface area contributed by atoms with Crippen LogP contribution in [-0.2, 0) is 9.53 Å². The summed E-state index contributed by atoms with van der Waals surface area (Å²) in [6.45, 7) is 1.95. The number of ether oxygens (including phenoxy) is 1. The predicted octanol–water partition coefficient (Wildman–Crippen LogP) is 3.00. The normalized spacial score (nSPS) is 17.1. The zero-order valence-electron chi connectivity index (χ0n) is 14.3. The lowest BCUT2D eigenvalue weighted by atomic mass is 10.1. The fraction of sp³-hybridized carbons (Fsp3) is 0.368. The Labute approximate surface area is 155 Å². The van der Waals surface area contributed by atoms with Crippen molar-refractivity contribution in [2.75, 3.05) is 26.2 Å². The van der Waals surface area contributed by atoms with Crippen molar-refractivity contribution in [2.24, 2.45) is 0 Å². The van der Waals surface area contributed by atoms with E-state index in [0.29, 0.717) is 44.0 Å². The van der Waals surface area contributed by atoms with Gasteiger partial charge in [0.05, 0.1) is 18.0 Å². The minimum absolute atomic E-state index is 0.0470. The van der Waals surface area contributed by atoms with E-state index in [1.165, 1.54) is 23.5 Å². The molecular weight excluding hydrogens is 355 g/mol. The van der Waals surface area contributed by atoms with E-state index < -0.39 is 0 Å². The first-order chi connectivity index (χ1) is 12.6. The fourth-order valence-electron chi connectivity index (χ4n) is 2.85. The van der Waals surface area contributed by atoms with Gasteiger partial charge in [-0.15, -0.1) is 11.3 Å². The van der Waals surface area contributed by atoms with Gasteiger partial charge in [0.1, 0.15) is 11.9 Å². The summed E-state index contributed by atoms with van der Waals surface area (Å²) < 4.78 is 18.8. The van der Waals surface area contributed by atoms with Crippen molar-refractivity contribution in [1.82, 2.24) is 10.2 Å². The number of carbonyl (C=O) groups excluding carboxylic acids is 2. The molecule has 26 heavy (non-hydrogen) atoms. The van der Waals surface area contributed by atoms with E-state index in [1.54, 1.807) is 23.1 Å². The third kappa shape index (κ3) is 4.89. The molecule has 7 heteroatoms. The molecule has 1 fully saturated rings. The summed E-state index contributed by atoms with van der Waals surface area (Å²) in [4.78, 5) is 26.7. The molecule has 1 aliphatic rings. The molecule has 0 bridgehead atoms. The molecule has 0 radical (unpaired) electrons. The van der Waals surface area contributed by atoms with Crippen molar-refractivity contribution in [2.45, 2.75) is 18.9 Å². The van der Waals surface area contributed by atoms with Crippen molar-refractivity contribution in [1.29, 1.82) is 0 Å². The zero-order chi connectivity index (χ0) is 18.4. The number of nitrogens with one attached hydrogen (secondary N) is 1. The van der Waals surface area contributed by atoms with Gasteiger partial charge in [0.2, 0.25) is 5.91 Å². The first-order valence-corrected chi connectivity index (χ1v) is 9.48. The highest BCUT2D eigenvalue weighted by atomic mass is 32.1. The third-order valence-electron chi connectivity index (χ3n) is 4.26. The van der Waals surface area contributed by atoms with Gasteiger partial charge in [-0.25, -0.2) is 4.39 Å². The highest BCUT2D eigenvalue weighted by molar-refractivity contribution is 7.12. The standard InChI is InChI=1S/C19H21FN2O3S/c20-15-7-5-14(6-8-15)16-13-22(10-11-25-16)18(23)4-1-9-21-19(24)17-3-2-12-26-17/h2-3,5-8,12,16H,1,4,9-11,13H2,(H,21,24). The van der Waals surface area contributed by atoms with Gasteiger partial charge in [0, 0.05) is 19.5 Å². The molecule has 1 unspecified atom stereocenters. The van der Waals surface area contributed by atoms with Crippen molar-refractivity contribution in [3.8, 4) is 0 Å². The molecule has 1 saturated heterocycles. The number of hydrogen-bond donors (Lipinski definition) is 1. The summed E-state index contributed by atoms with van der Waals surface area (Å²) in [5.74, 6) is -0.344. The third-order valence-corrected chi connectivity index (χ3v) is 5.13. The lowest BCUT2D eigenvalue weighted by Crippen LogP contribution is -2.42. The van der Waals surface area contributed by atoms with Crippen LogP contribution >= 0.6 is 11.3 Å². The van der Waals surface area contributed by atoms with Crippen LogP contribution in [-0.4, -0.2) is 43.0 Å². The summed E-state index contributed by atoms with van der Waals surface area (Å²) in [7, 11) is 0. The molecule has 1 atom stereocenters. The first-order valence-electron chi connectivity index (χ1n) is 8.60. The maximum absolute atomic E-state index is 13.0. The van der Waals surface area contributed by atoms with E-state index in [1.807, 2.05) is 11.4 Å². The predicted molar refractivity (Wildman–Crippen MR) is 97.6 cm³/mol. The van der Waals surface area contributed by atoms with Crippen LogP contribution in [0.5, 0.6) is 0 Å². The maximum atomic E-state index is 13.0. The Morgan fingerprint density at radius 1 is 1.27 bits per heavy atom. The zero-order valence-corrected chi connectivity index (χ0v) is 15.1. The van der Waals surface area contributed by atoms with Gasteiger partial charge in [-0.1, -0.05) is 18.2 Å². The highest BCUT2D eigenvalue weighted by Gasteiger charge is 2.25. The minimum atomic E-state index is -0.290. The van der Waals surface area contributed by atoms with E-state index in [0.717, 1.165) is 5.56 Å². The highest BCUT2D eigenvalue weighted by Crippen LogP contribution is 2.23. The Morgan fingerprint density at radius 2 is 2.08 bits per heavy atom. The quantitative estimate of drug-likeness (QED) is 0.789. The van der Waals surface area contributed by atoms with E-state index in [9.17, 15) is 14.0 Å². The van der Waals surface area contributed by atoms with Crippen LogP contribution in [0.25, 0.3) is 0 Å². The molecule has 3 rings (SSSR count). The van der Waals surface area contributed by atoms with E-state index in [-0.39, 0.29) is 23.7 Å². The largest absolute Gasteiger partial charge is 0.370 e. The number of nitrogens with zero attached hydrogens (tertiary/aromatic N) is 1. The smallest absolute Gasteiger partial charge is 0.261 e. The number of hydrogen-bond acceptors (Lipinski definition) is 4. The second-order valence-corrected chi connectivity index (χ2v) is 7.04. The molecule has 138 valence electrons. The lowest BCUT2D eigenvalue weighted by molar-refractivity contribution is -0.139. The number of benzene rings is 1. The van der Waals surface area contributed by atoms with Crippen LogP contribution in [0.2, 0.25) is 0 Å². The average molecular weight is 376 g/mol. The van der Waals surface area contributed by atoms with Gasteiger partial charge in [0.15, 0.2) is 0 Å². The van der Waals surface area contributed by atoms with Crippen LogP contribution in [0, 0.1) is 5.82 Å². The second kappa shape index (κ2) is 8.91. The van der Waals surface area contributed by atoms with E-state index in [4.69, 9.17) is 4.74 Å². The fourth-order valence-corrected chi connectivity index (χ4v) is 3.49. The maximum Gasteiger partial charge on any atom is 0.261 e. The molecule has 2 amide bonds. The molecule has 0 spiro atoms. The number of thiophene rings is 1. The summed E-state index contributed by atoms with van der Waals surface area (Å²) in [5.41, 5.74) is 0.868. The second-order valence-electron chi connectivity index (χ2n) is 6.09. The molecule has 1 aliphatic heterocycles. The molecule has 5 nitrogen and oxygen atoms in total.